The fraction of sp³-hybridized carbons (Fsp3) is 0.316. The summed E-state index contributed by atoms with van der Waals surface area (Å²) >= 11 is 1.68. The van der Waals surface area contributed by atoms with Crippen molar-refractivity contribution >= 4 is 33.1 Å². The van der Waals surface area contributed by atoms with Gasteiger partial charge in [-0.05, 0) is 24.5 Å². The van der Waals surface area contributed by atoms with Gasteiger partial charge in [0.2, 0.25) is 5.95 Å². The summed E-state index contributed by atoms with van der Waals surface area (Å²) in [6.45, 7) is 4.75. The van der Waals surface area contributed by atoms with Crippen molar-refractivity contribution < 1.29 is 5.11 Å². The molecule has 1 aromatic carbocycles. The van der Waals surface area contributed by atoms with Crippen molar-refractivity contribution in [1.29, 1.82) is 0 Å². The Morgan fingerprint density at radius 2 is 2.00 bits per heavy atom. The Balaban J connectivity index is 1.90. The number of benzene rings is 1. The summed E-state index contributed by atoms with van der Waals surface area (Å²) in [7, 11) is 0. The molecule has 0 spiro atoms. The first-order valence-electron chi connectivity index (χ1n) is 8.77. The molecule has 0 aliphatic heterocycles. The van der Waals surface area contributed by atoms with Gasteiger partial charge in [-0.3, -0.25) is 0 Å². The third-order valence-corrected chi connectivity index (χ3v) is 5.47. The van der Waals surface area contributed by atoms with Gasteiger partial charge in [0.05, 0.1) is 12.0 Å². The zero-order valence-corrected chi connectivity index (χ0v) is 15.7. The molecule has 0 aliphatic rings. The molecule has 26 heavy (non-hydrogen) atoms. The number of aliphatic hydroxyl groups excluding tert-OH is 1. The molecule has 6 nitrogen and oxygen atoms in total. The summed E-state index contributed by atoms with van der Waals surface area (Å²) in [5, 5.41) is 18.1. The van der Waals surface area contributed by atoms with Crippen LogP contribution in [0.4, 0.5) is 5.95 Å². The van der Waals surface area contributed by atoms with Crippen LogP contribution in [0.5, 0.6) is 0 Å². The van der Waals surface area contributed by atoms with Crippen molar-refractivity contribution in [3.05, 3.63) is 52.2 Å². The lowest BCUT2D eigenvalue weighted by molar-refractivity contribution is 0.310. The molecule has 134 valence electrons. The van der Waals surface area contributed by atoms with Gasteiger partial charge in [0, 0.05) is 17.8 Å². The number of nitrogens with zero attached hydrogens (tertiary/aromatic N) is 4. The Kier molecular flexibility index (Phi) is 4.57. The van der Waals surface area contributed by atoms with Crippen molar-refractivity contribution in [2.24, 2.45) is 0 Å². The minimum Gasteiger partial charge on any atom is -0.395 e. The molecule has 0 amide bonds. The molecule has 0 radical (unpaired) electrons. The zero-order valence-electron chi connectivity index (χ0n) is 14.9. The summed E-state index contributed by atoms with van der Waals surface area (Å²) in [6, 6.07) is 10.2. The van der Waals surface area contributed by atoms with Gasteiger partial charge in [0.15, 0.2) is 11.5 Å². The summed E-state index contributed by atoms with van der Waals surface area (Å²) < 4.78 is 1.78. The number of hydrogen-bond acceptors (Lipinski definition) is 6. The van der Waals surface area contributed by atoms with Gasteiger partial charge in [-0.15, -0.1) is 16.4 Å². The quantitative estimate of drug-likeness (QED) is 0.547. The highest BCUT2D eigenvalue weighted by atomic mass is 32.1. The lowest BCUT2D eigenvalue weighted by Crippen LogP contribution is -2.11. The predicted octanol–water partition coefficient (Wildman–Crippen LogP) is 3.20. The van der Waals surface area contributed by atoms with E-state index in [0.29, 0.717) is 18.9 Å². The van der Waals surface area contributed by atoms with E-state index in [0.717, 1.165) is 28.1 Å². The lowest BCUT2D eigenvalue weighted by atomic mass is 10.1. The van der Waals surface area contributed by atoms with E-state index in [2.05, 4.69) is 31.3 Å². The highest BCUT2D eigenvalue weighted by Gasteiger charge is 2.19. The average Bonchev–Trinajstić information content (AvgIpc) is 3.20. The molecule has 3 heterocycles. The van der Waals surface area contributed by atoms with Crippen LogP contribution in [0, 0.1) is 6.92 Å². The molecule has 7 heteroatoms. The second-order valence-corrected chi connectivity index (χ2v) is 7.39. The Labute approximate surface area is 155 Å². The van der Waals surface area contributed by atoms with Crippen molar-refractivity contribution in [2.75, 3.05) is 18.5 Å². The van der Waals surface area contributed by atoms with Crippen LogP contribution < -0.4 is 5.32 Å². The number of aryl methyl sites for hydroxylation is 2. The van der Waals surface area contributed by atoms with Gasteiger partial charge in [0.1, 0.15) is 4.83 Å². The third kappa shape index (κ3) is 2.93. The molecular weight excluding hydrogens is 346 g/mol. The van der Waals surface area contributed by atoms with E-state index in [1.54, 1.807) is 15.9 Å². The number of hydrogen-bond donors (Lipinski definition) is 2. The van der Waals surface area contributed by atoms with Gasteiger partial charge in [-0.2, -0.15) is 4.52 Å². The van der Waals surface area contributed by atoms with Crippen LogP contribution in [0.3, 0.4) is 0 Å². The molecule has 0 bridgehead atoms. The number of nitrogens with one attached hydrogen (secondary N) is 1. The van der Waals surface area contributed by atoms with Crippen molar-refractivity contribution in [3.8, 4) is 0 Å². The molecule has 4 aromatic rings. The maximum absolute atomic E-state index is 9.17. The molecule has 0 aliphatic carbocycles. The molecule has 0 saturated heterocycles. The number of rotatable bonds is 6. The lowest BCUT2D eigenvalue weighted by Gasteiger charge is -2.06. The molecule has 0 unspecified atom stereocenters. The minimum atomic E-state index is 0.0382. The fourth-order valence-corrected chi connectivity index (χ4v) is 4.35. The summed E-state index contributed by atoms with van der Waals surface area (Å²) in [4.78, 5) is 11.8. The van der Waals surface area contributed by atoms with Gasteiger partial charge < -0.3 is 10.4 Å². The van der Waals surface area contributed by atoms with Crippen LogP contribution in [-0.4, -0.2) is 37.8 Å². The van der Waals surface area contributed by atoms with E-state index in [4.69, 9.17) is 20.2 Å². The van der Waals surface area contributed by atoms with Gasteiger partial charge in [-0.25, -0.2) is 9.97 Å². The minimum absolute atomic E-state index is 0.0382. The smallest absolute Gasteiger partial charge is 0.227 e. The first kappa shape index (κ1) is 16.9. The number of aromatic nitrogens is 4. The topological polar surface area (TPSA) is 75.3 Å². The second-order valence-electron chi connectivity index (χ2n) is 6.18. The van der Waals surface area contributed by atoms with Gasteiger partial charge >= 0.3 is 0 Å². The molecule has 0 atom stereocenters. The Morgan fingerprint density at radius 1 is 1.19 bits per heavy atom. The average molecular weight is 367 g/mol. The fourth-order valence-electron chi connectivity index (χ4n) is 3.24. The van der Waals surface area contributed by atoms with E-state index in [1.807, 2.05) is 18.2 Å². The first-order chi connectivity index (χ1) is 12.7. The van der Waals surface area contributed by atoms with Crippen molar-refractivity contribution in [2.45, 2.75) is 26.7 Å². The van der Waals surface area contributed by atoms with E-state index in [9.17, 15) is 0 Å². The van der Waals surface area contributed by atoms with Gasteiger partial charge in [-0.1, -0.05) is 37.3 Å². The number of fused-ring (bicyclic) bond motifs is 3. The van der Waals surface area contributed by atoms with Gasteiger partial charge in [0.25, 0.3) is 0 Å². The molecular formula is C19H21N5OS. The highest BCUT2D eigenvalue weighted by Crippen LogP contribution is 2.33. The van der Waals surface area contributed by atoms with Crippen LogP contribution in [0.1, 0.15) is 28.8 Å². The maximum Gasteiger partial charge on any atom is 0.227 e. The van der Waals surface area contributed by atoms with Crippen molar-refractivity contribution in [3.63, 3.8) is 0 Å². The normalized spacial score (nSPS) is 11.5. The van der Waals surface area contributed by atoms with Crippen LogP contribution in [0.25, 0.3) is 15.9 Å². The largest absolute Gasteiger partial charge is 0.395 e. The monoisotopic (exact) mass is 367 g/mol. The zero-order chi connectivity index (χ0) is 18.1. The Morgan fingerprint density at radius 3 is 2.73 bits per heavy atom. The maximum atomic E-state index is 9.17. The summed E-state index contributed by atoms with van der Waals surface area (Å²) in [6.07, 6.45) is 1.61. The van der Waals surface area contributed by atoms with Crippen LogP contribution >= 0.6 is 11.3 Å². The van der Waals surface area contributed by atoms with E-state index < -0.39 is 0 Å². The molecule has 4 rings (SSSR count). The number of aliphatic hydroxyl groups is 1. The second kappa shape index (κ2) is 7.01. The van der Waals surface area contributed by atoms with Crippen LogP contribution in [0.2, 0.25) is 0 Å². The molecule has 3 aromatic heterocycles. The highest BCUT2D eigenvalue weighted by molar-refractivity contribution is 7.18. The van der Waals surface area contributed by atoms with Crippen molar-refractivity contribution in [1.82, 2.24) is 19.6 Å². The molecule has 0 fully saturated rings. The van der Waals surface area contributed by atoms with Crippen LogP contribution in [-0.2, 0) is 12.8 Å². The summed E-state index contributed by atoms with van der Waals surface area (Å²) in [5.41, 5.74) is 3.30. The molecule has 0 saturated carbocycles. The first-order valence-corrected chi connectivity index (χ1v) is 9.59. The summed E-state index contributed by atoms with van der Waals surface area (Å²) in [5.74, 6) is 1.39. The van der Waals surface area contributed by atoms with Crippen LogP contribution in [0.15, 0.2) is 30.3 Å². The number of anilines is 1. The SMILES string of the molecule is CCc1c(C)sc2nc(NCCO)n3nc(Cc4ccccc4)nc3c12. The van der Waals surface area contributed by atoms with E-state index >= 15 is 0 Å². The standard InChI is InChI=1S/C19H21N5OS/c1-3-14-12(2)26-18-16(14)17-21-15(11-13-7-5-4-6-8-13)23-24(17)19(22-18)20-9-10-25/h4-8,25H,3,9-11H2,1-2H3,(H,20,22). The van der Waals surface area contributed by atoms with E-state index in [-0.39, 0.29) is 6.61 Å². The number of thiophene rings is 1. The third-order valence-electron chi connectivity index (χ3n) is 4.43. The molecule has 2 N–H and O–H groups in total. The predicted molar refractivity (Wildman–Crippen MR) is 105 cm³/mol. The Hall–Kier alpha value is -2.51. The van der Waals surface area contributed by atoms with E-state index in [1.165, 1.54) is 16.0 Å². The Bertz CT molecular complexity index is 1050.